The summed E-state index contributed by atoms with van der Waals surface area (Å²) in [7, 11) is 1.95. The van der Waals surface area contributed by atoms with Crippen molar-refractivity contribution < 1.29 is 0 Å². The monoisotopic (exact) mass is 309 g/mol. The van der Waals surface area contributed by atoms with Crippen molar-refractivity contribution in [2.45, 2.75) is 38.6 Å². The number of rotatable bonds is 3. The highest BCUT2D eigenvalue weighted by atomic mass is 15.3. The van der Waals surface area contributed by atoms with E-state index in [1.54, 1.807) is 0 Å². The molecule has 0 amide bonds. The average molecular weight is 309 g/mol. The van der Waals surface area contributed by atoms with Gasteiger partial charge in [0.1, 0.15) is 0 Å². The minimum absolute atomic E-state index is 0.772. The van der Waals surface area contributed by atoms with Crippen molar-refractivity contribution in [3.63, 3.8) is 0 Å². The summed E-state index contributed by atoms with van der Waals surface area (Å²) >= 11 is 0. The van der Waals surface area contributed by atoms with E-state index in [2.05, 4.69) is 27.1 Å². The molecule has 0 spiro atoms. The van der Waals surface area contributed by atoms with Gasteiger partial charge >= 0.3 is 0 Å². The van der Waals surface area contributed by atoms with Gasteiger partial charge in [-0.2, -0.15) is 10.2 Å². The fourth-order valence-electron chi connectivity index (χ4n) is 3.70. The molecule has 1 fully saturated rings. The second kappa shape index (κ2) is 5.72. The highest BCUT2D eigenvalue weighted by Gasteiger charge is 2.15. The maximum atomic E-state index is 6.25. The fourth-order valence-corrected chi connectivity index (χ4v) is 3.70. The third-order valence-electron chi connectivity index (χ3n) is 5.03. The lowest BCUT2D eigenvalue weighted by atomic mass is 9.89. The lowest BCUT2D eigenvalue weighted by Crippen LogP contribution is -2.14. The van der Waals surface area contributed by atoms with Gasteiger partial charge in [-0.3, -0.25) is 9.36 Å². The van der Waals surface area contributed by atoms with Crippen LogP contribution in [-0.4, -0.2) is 19.6 Å². The first-order valence-corrected chi connectivity index (χ1v) is 8.45. The zero-order valence-corrected chi connectivity index (χ0v) is 13.6. The molecule has 0 aliphatic heterocycles. The Morgan fingerprint density at radius 3 is 2.78 bits per heavy atom. The Morgan fingerprint density at radius 2 is 1.96 bits per heavy atom. The second-order valence-electron chi connectivity index (χ2n) is 6.72. The van der Waals surface area contributed by atoms with Crippen molar-refractivity contribution in [1.29, 1.82) is 0 Å². The minimum atomic E-state index is 0.772. The number of aryl methyl sites for hydroxylation is 1. The molecular weight excluding hydrogens is 286 g/mol. The molecule has 0 saturated heterocycles. The van der Waals surface area contributed by atoms with Crippen LogP contribution in [0.15, 0.2) is 30.7 Å². The Labute approximate surface area is 136 Å². The lowest BCUT2D eigenvalue weighted by Gasteiger charge is -2.21. The van der Waals surface area contributed by atoms with E-state index in [1.165, 1.54) is 32.1 Å². The van der Waals surface area contributed by atoms with Crippen LogP contribution in [0.5, 0.6) is 0 Å². The molecule has 2 aromatic heterocycles. The summed E-state index contributed by atoms with van der Waals surface area (Å²) in [5.74, 6) is 0.772. The number of nitrogens with two attached hydrogens (primary N) is 1. The molecule has 1 saturated carbocycles. The number of hydrogen-bond acceptors (Lipinski definition) is 3. The van der Waals surface area contributed by atoms with E-state index < -0.39 is 0 Å². The summed E-state index contributed by atoms with van der Waals surface area (Å²) in [6.45, 7) is 1.02. The van der Waals surface area contributed by atoms with Crippen LogP contribution in [0, 0.1) is 5.92 Å². The Balaban J connectivity index is 1.63. The molecule has 1 aliphatic carbocycles. The molecule has 5 nitrogen and oxygen atoms in total. The summed E-state index contributed by atoms with van der Waals surface area (Å²) in [4.78, 5) is 0. The molecular formula is C18H23N5. The number of benzene rings is 1. The molecule has 120 valence electrons. The largest absolute Gasteiger partial charge is 0.398 e. The number of nitrogens with zero attached hydrogens (tertiary/aromatic N) is 4. The van der Waals surface area contributed by atoms with E-state index in [1.807, 2.05) is 30.2 Å². The molecule has 1 aliphatic rings. The molecule has 2 heterocycles. The maximum absolute atomic E-state index is 6.25. The van der Waals surface area contributed by atoms with Gasteiger partial charge in [0.2, 0.25) is 0 Å². The normalized spacial score (nSPS) is 16.2. The zero-order chi connectivity index (χ0) is 15.8. The van der Waals surface area contributed by atoms with Gasteiger partial charge in [-0.05, 0) is 30.9 Å². The summed E-state index contributed by atoms with van der Waals surface area (Å²) in [5.41, 5.74) is 10.2. The summed E-state index contributed by atoms with van der Waals surface area (Å²) < 4.78 is 3.96. The predicted octanol–water partition coefficient (Wildman–Crippen LogP) is 3.60. The van der Waals surface area contributed by atoms with Crippen LogP contribution in [0.4, 0.5) is 5.69 Å². The standard InChI is InChI=1S/C18H23N5/c1-22-18-8-16(17(19)7-14(18)9-20-22)15-10-21-23(12-15)11-13-5-3-2-4-6-13/h7-10,12-13H,2-6,11,19H2,1H3. The van der Waals surface area contributed by atoms with Crippen LogP contribution in [0.2, 0.25) is 0 Å². The highest BCUT2D eigenvalue weighted by Crippen LogP contribution is 2.31. The average Bonchev–Trinajstić information content (AvgIpc) is 3.15. The van der Waals surface area contributed by atoms with Crippen LogP contribution in [0.25, 0.3) is 22.0 Å². The Kier molecular flexibility index (Phi) is 3.56. The van der Waals surface area contributed by atoms with Gasteiger partial charge in [0.05, 0.1) is 17.9 Å². The van der Waals surface area contributed by atoms with Crippen molar-refractivity contribution in [2.75, 3.05) is 5.73 Å². The van der Waals surface area contributed by atoms with E-state index in [4.69, 9.17) is 5.73 Å². The zero-order valence-electron chi connectivity index (χ0n) is 13.6. The van der Waals surface area contributed by atoms with Crippen LogP contribution in [-0.2, 0) is 13.6 Å². The first-order chi connectivity index (χ1) is 11.2. The third-order valence-corrected chi connectivity index (χ3v) is 5.03. The summed E-state index contributed by atoms with van der Waals surface area (Å²) in [5, 5.41) is 9.92. The van der Waals surface area contributed by atoms with Crippen LogP contribution < -0.4 is 5.73 Å². The number of hydrogen-bond donors (Lipinski definition) is 1. The maximum Gasteiger partial charge on any atom is 0.0686 e. The summed E-state index contributed by atoms with van der Waals surface area (Å²) in [6.07, 6.45) is 12.7. The van der Waals surface area contributed by atoms with Crippen LogP contribution in [0.3, 0.4) is 0 Å². The molecule has 1 aromatic carbocycles. The second-order valence-corrected chi connectivity index (χ2v) is 6.72. The van der Waals surface area contributed by atoms with E-state index in [9.17, 15) is 0 Å². The van der Waals surface area contributed by atoms with Gasteiger partial charge < -0.3 is 5.73 Å². The number of fused-ring (bicyclic) bond motifs is 1. The predicted molar refractivity (Wildman–Crippen MR) is 92.9 cm³/mol. The lowest BCUT2D eigenvalue weighted by molar-refractivity contribution is 0.308. The first-order valence-electron chi connectivity index (χ1n) is 8.45. The molecule has 23 heavy (non-hydrogen) atoms. The smallest absolute Gasteiger partial charge is 0.0686 e. The first kappa shape index (κ1) is 14.3. The Hall–Kier alpha value is -2.30. The number of aromatic nitrogens is 4. The van der Waals surface area contributed by atoms with Crippen molar-refractivity contribution in [3.8, 4) is 11.1 Å². The number of anilines is 1. The molecule has 0 unspecified atom stereocenters. The highest BCUT2D eigenvalue weighted by molar-refractivity contribution is 5.91. The van der Waals surface area contributed by atoms with Gasteiger partial charge in [-0.1, -0.05) is 19.3 Å². The van der Waals surface area contributed by atoms with Gasteiger partial charge in [0, 0.05) is 42.0 Å². The van der Waals surface area contributed by atoms with Crippen molar-refractivity contribution >= 4 is 16.6 Å². The fraction of sp³-hybridized carbons (Fsp3) is 0.444. The van der Waals surface area contributed by atoms with Gasteiger partial charge in [0.25, 0.3) is 0 Å². The SMILES string of the molecule is Cn1ncc2cc(N)c(-c3cnn(CC4CCCCC4)c3)cc21. The molecule has 0 atom stereocenters. The molecule has 4 rings (SSSR count). The quantitative estimate of drug-likeness (QED) is 0.752. The van der Waals surface area contributed by atoms with E-state index in [0.717, 1.165) is 40.2 Å². The van der Waals surface area contributed by atoms with Crippen molar-refractivity contribution in [1.82, 2.24) is 19.6 Å². The topological polar surface area (TPSA) is 61.7 Å². The molecule has 0 bridgehead atoms. The van der Waals surface area contributed by atoms with Gasteiger partial charge in [-0.25, -0.2) is 0 Å². The van der Waals surface area contributed by atoms with E-state index in [-0.39, 0.29) is 0 Å². The third kappa shape index (κ3) is 2.71. The van der Waals surface area contributed by atoms with Crippen LogP contribution in [0.1, 0.15) is 32.1 Å². The molecule has 3 aromatic rings. The van der Waals surface area contributed by atoms with E-state index in [0.29, 0.717) is 0 Å². The Morgan fingerprint density at radius 1 is 1.13 bits per heavy atom. The van der Waals surface area contributed by atoms with Crippen LogP contribution >= 0.6 is 0 Å². The summed E-state index contributed by atoms with van der Waals surface area (Å²) in [6, 6.07) is 4.11. The minimum Gasteiger partial charge on any atom is -0.398 e. The molecule has 2 N–H and O–H groups in total. The van der Waals surface area contributed by atoms with Crippen molar-refractivity contribution in [2.24, 2.45) is 13.0 Å². The molecule has 0 radical (unpaired) electrons. The Bertz CT molecular complexity index is 823. The number of nitrogen functional groups attached to an aromatic ring is 1. The van der Waals surface area contributed by atoms with Gasteiger partial charge in [-0.15, -0.1) is 0 Å². The van der Waals surface area contributed by atoms with Crippen molar-refractivity contribution in [3.05, 3.63) is 30.7 Å². The van der Waals surface area contributed by atoms with Gasteiger partial charge in [0.15, 0.2) is 0 Å². The van der Waals surface area contributed by atoms with E-state index >= 15 is 0 Å². The molecule has 5 heteroatoms.